The van der Waals surface area contributed by atoms with Gasteiger partial charge in [-0.25, -0.2) is 0 Å². The van der Waals surface area contributed by atoms with Crippen LogP contribution in [0.4, 0.5) is 0 Å². The van der Waals surface area contributed by atoms with E-state index in [1.807, 2.05) is 0 Å². The van der Waals surface area contributed by atoms with Gasteiger partial charge in [-0.1, -0.05) is 6.42 Å². The fourth-order valence-electron chi connectivity index (χ4n) is 1.36. The quantitative estimate of drug-likeness (QED) is 0.541. The molecule has 1 fully saturated rings. The first-order valence-electron chi connectivity index (χ1n) is 3.80. The molecule has 0 spiro atoms. The monoisotopic (exact) mass is 144 g/mol. The van der Waals surface area contributed by atoms with Crippen molar-refractivity contribution in [3.63, 3.8) is 0 Å². The van der Waals surface area contributed by atoms with Gasteiger partial charge < -0.3 is 4.43 Å². The van der Waals surface area contributed by atoms with E-state index in [9.17, 15) is 0 Å². The molecule has 1 heterocycles. The summed E-state index contributed by atoms with van der Waals surface area (Å²) in [6.45, 7) is 6.61. The van der Waals surface area contributed by atoms with Crippen molar-refractivity contribution < 1.29 is 4.43 Å². The SMILES string of the molecule is CC(C)O[Si]1(C)CCC1. The van der Waals surface area contributed by atoms with Crippen molar-refractivity contribution in [2.24, 2.45) is 0 Å². The van der Waals surface area contributed by atoms with Crippen LogP contribution in [0, 0.1) is 0 Å². The van der Waals surface area contributed by atoms with Crippen molar-refractivity contribution >= 4 is 8.32 Å². The van der Waals surface area contributed by atoms with Gasteiger partial charge in [-0.05, 0) is 32.5 Å². The normalized spacial score (nSPS) is 24.0. The summed E-state index contributed by atoms with van der Waals surface area (Å²) in [5.74, 6) is 0. The fraction of sp³-hybridized carbons (Fsp3) is 1.00. The summed E-state index contributed by atoms with van der Waals surface area (Å²) < 4.78 is 5.81. The highest BCUT2D eigenvalue weighted by atomic mass is 28.4. The van der Waals surface area contributed by atoms with Gasteiger partial charge in [0.1, 0.15) is 0 Å². The van der Waals surface area contributed by atoms with Crippen LogP contribution in [-0.4, -0.2) is 14.4 Å². The summed E-state index contributed by atoms with van der Waals surface area (Å²) in [4.78, 5) is 0. The summed E-state index contributed by atoms with van der Waals surface area (Å²) in [6.07, 6.45) is 1.87. The Hall–Kier alpha value is 0.177. The van der Waals surface area contributed by atoms with Crippen molar-refractivity contribution in [3.8, 4) is 0 Å². The third-order valence-electron chi connectivity index (χ3n) is 1.93. The Morgan fingerprint density at radius 3 is 2.00 bits per heavy atom. The minimum atomic E-state index is -1.06. The zero-order chi connectivity index (χ0) is 6.91. The lowest BCUT2D eigenvalue weighted by atomic mass is 10.5. The highest BCUT2D eigenvalue weighted by Gasteiger charge is 2.36. The molecule has 0 radical (unpaired) electrons. The zero-order valence-electron chi connectivity index (χ0n) is 6.61. The first-order valence-corrected chi connectivity index (χ1v) is 6.62. The Labute approximate surface area is 58.5 Å². The molecule has 0 N–H and O–H groups in total. The Balaban J connectivity index is 2.24. The second-order valence-corrected chi connectivity index (χ2v) is 7.61. The van der Waals surface area contributed by atoms with Gasteiger partial charge in [-0.2, -0.15) is 0 Å². The van der Waals surface area contributed by atoms with Gasteiger partial charge >= 0.3 is 0 Å². The Kier molecular flexibility index (Phi) is 1.96. The van der Waals surface area contributed by atoms with Crippen LogP contribution in [0.15, 0.2) is 0 Å². The van der Waals surface area contributed by atoms with E-state index in [-0.39, 0.29) is 0 Å². The minimum Gasteiger partial charge on any atom is -0.415 e. The predicted octanol–water partition coefficient (Wildman–Crippen LogP) is 2.39. The van der Waals surface area contributed by atoms with Crippen molar-refractivity contribution in [1.29, 1.82) is 0 Å². The molecule has 0 aromatic rings. The summed E-state index contributed by atoms with van der Waals surface area (Å²) in [7, 11) is -1.06. The van der Waals surface area contributed by atoms with E-state index < -0.39 is 8.32 Å². The fourth-order valence-corrected chi connectivity index (χ4v) is 4.08. The maximum Gasteiger partial charge on any atom is 0.190 e. The molecule has 0 bridgehead atoms. The highest BCUT2D eigenvalue weighted by molar-refractivity contribution is 6.75. The lowest BCUT2D eigenvalue weighted by molar-refractivity contribution is 0.218. The molecule has 0 aromatic carbocycles. The van der Waals surface area contributed by atoms with Crippen molar-refractivity contribution in [3.05, 3.63) is 0 Å². The molecule has 2 heteroatoms. The van der Waals surface area contributed by atoms with E-state index >= 15 is 0 Å². The van der Waals surface area contributed by atoms with Crippen molar-refractivity contribution in [2.75, 3.05) is 0 Å². The maximum absolute atomic E-state index is 5.81. The molecule has 1 rings (SSSR count). The second kappa shape index (κ2) is 2.43. The van der Waals surface area contributed by atoms with Gasteiger partial charge in [0.05, 0.1) is 0 Å². The van der Waals surface area contributed by atoms with Crippen LogP contribution >= 0.6 is 0 Å². The van der Waals surface area contributed by atoms with Crippen LogP contribution in [0.25, 0.3) is 0 Å². The van der Waals surface area contributed by atoms with Gasteiger partial charge in [0.15, 0.2) is 8.32 Å². The standard InChI is InChI=1S/C7H16OSi/c1-7(2)8-9(3)5-4-6-9/h7H,4-6H2,1-3H3. The molecule has 0 aliphatic carbocycles. The third-order valence-corrected chi connectivity index (χ3v) is 5.79. The van der Waals surface area contributed by atoms with Gasteiger partial charge in [0, 0.05) is 6.10 Å². The summed E-state index contributed by atoms with van der Waals surface area (Å²) in [6, 6.07) is 2.79. The molecule has 1 saturated heterocycles. The zero-order valence-corrected chi connectivity index (χ0v) is 7.61. The lowest BCUT2D eigenvalue weighted by Crippen LogP contribution is -2.43. The molecular formula is C7H16OSi. The third kappa shape index (κ3) is 1.80. The van der Waals surface area contributed by atoms with Crippen LogP contribution < -0.4 is 0 Å². The number of hydrogen-bond donors (Lipinski definition) is 0. The number of hydrogen-bond acceptors (Lipinski definition) is 1. The smallest absolute Gasteiger partial charge is 0.190 e. The minimum absolute atomic E-state index is 0.460. The molecule has 0 aromatic heterocycles. The molecule has 0 amide bonds. The highest BCUT2D eigenvalue weighted by Crippen LogP contribution is 2.33. The van der Waals surface area contributed by atoms with E-state index in [1.165, 1.54) is 18.5 Å². The van der Waals surface area contributed by atoms with Gasteiger partial charge in [-0.3, -0.25) is 0 Å². The Morgan fingerprint density at radius 1 is 1.33 bits per heavy atom. The van der Waals surface area contributed by atoms with Crippen LogP contribution in [0.2, 0.25) is 18.6 Å². The molecule has 0 unspecified atom stereocenters. The van der Waals surface area contributed by atoms with Crippen molar-refractivity contribution in [1.82, 2.24) is 0 Å². The van der Waals surface area contributed by atoms with Crippen LogP contribution in [-0.2, 0) is 4.43 Å². The van der Waals surface area contributed by atoms with Gasteiger partial charge in [-0.15, -0.1) is 0 Å². The summed E-state index contributed by atoms with van der Waals surface area (Å²) in [5.41, 5.74) is 0. The second-order valence-electron chi connectivity index (χ2n) is 3.47. The topological polar surface area (TPSA) is 9.23 Å². The van der Waals surface area contributed by atoms with E-state index in [4.69, 9.17) is 4.43 Å². The molecular weight excluding hydrogens is 128 g/mol. The average Bonchev–Trinajstić information content (AvgIpc) is 1.60. The molecule has 0 saturated carbocycles. The van der Waals surface area contributed by atoms with Gasteiger partial charge in [0.2, 0.25) is 0 Å². The molecule has 54 valence electrons. The van der Waals surface area contributed by atoms with Crippen LogP contribution in [0.1, 0.15) is 20.3 Å². The summed E-state index contributed by atoms with van der Waals surface area (Å²) in [5, 5.41) is 0. The Bertz CT molecular complexity index is 97.1. The van der Waals surface area contributed by atoms with E-state index in [2.05, 4.69) is 20.4 Å². The van der Waals surface area contributed by atoms with E-state index in [1.54, 1.807) is 0 Å². The first-order chi connectivity index (χ1) is 4.12. The molecule has 9 heavy (non-hydrogen) atoms. The van der Waals surface area contributed by atoms with Crippen molar-refractivity contribution in [2.45, 2.75) is 45.0 Å². The Morgan fingerprint density at radius 2 is 1.89 bits per heavy atom. The molecule has 1 aliphatic heterocycles. The molecule has 1 aliphatic rings. The van der Waals surface area contributed by atoms with E-state index in [0.29, 0.717) is 6.10 Å². The first kappa shape index (κ1) is 7.29. The predicted molar refractivity (Wildman–Crippen MR) is 42.1 cm³/mol. The van der Waals surface area contributed by atoms with Crippen LogP contribution in [0.5, 0.6) is 0 Å². The van der Waals surface area contributed by atoms with Gasteiger partial charge in [0.25, 0.3) is 0 Å². The average molecular weight is 144 g/mol. The van der Waals surface area contributed by atoms with Crippen LogP contribution in [0.3, 0.4) is 0 Å². The lowest BCUT2D eigenvalue weighted by Gasteiger charge is -2.37. The largest absolute Gasteiger partial charge is 0.415 e. The summed E-state index contributed by atoms with van der Waals surface area (Å²) >= 11 is 0. The molecule has 0 atom stereocenters. The maximum atomic E-state index is 5.81. The van der Waals surface area contributed by atoms with E-state index in [0.717, 1.165) is 0 Å². The number of rotatable bonds is 2. The molecule has 1 nitrogen and oxygen atoms in total.